The van der Waals surface area contributed by atoms with Gasteiger partial charge in [-0.1, -0.05) is 11.6 Å². The van der Waals surface area contributed by atoms with Crippen LogP contribution in [0, 0.1) is 0 Å². The van der Waals surface area contributed by atoms with Crippen LogP contribution in [0.15, 0.2) is 36.4 Å². The molecule has 19 heavy (non-hydrogen) atoms. The van der Waals surface area contributed by atoms with E-state index in [1.54, 1.807) is 18.2 Å². The molecule has 2 aromatic carbocycles. The third kappa shape index (κ3) is 2.63. The fraction of sp³-hybridized carbons (Fsp3) is 0.0714. The highest BCUT2D eigenvalue weighted by Gasteiger charge is 2.13. The standard InChI is InChI=1S/C14H11ClO4/c1-19-13-7-9(15)3-5-11(13)10-4-2-8(14(17)18)6-12(10)16/h2-7,16H,1H3,(H,17,18). The second kappa shape index (κ2) is 5.20. The number of rotatable bonds is 3. The van der Waals surface area contributed by atoms with E-state index in [2.05, 4.69) is 0 Å². The number of carbonyl (C=O) groups is 1. The molecule has 5 heteroatoms. The highest BCUT2D eigenvalue weighted by Crippen LogP contribution is 2.37. The Morgan fingerprint density at radius 2 is 1.84 bits per heavy atom. The van der Waals surface area contributed by atoms with Crippen molar-refractivity contribution in [3.05, 3.63) is 47.0 Å². The number of methoxy groups -OCH3 is 1. The molecule has 2 rings (SSSR count). The van der Waals surface area contributed by atoms with E-state index in [9.17, 15) is 9.90 Å². The van der Waals surface area contributed by atoms with E-state index < -0.39 is 5.97 Å². The zero-order valence-corrected chi connectivity index (χ0v) is 10.8. The van der Waals surface area contributed by atoms with Crippen molar-refractivity contribution >= 4 is 17.6 Å². The predicted molar refractivity (Wildman–Crippen MR) is 72.1 cm³/mol. The van der Waals surface area contributed by atoms with E-state index in [4.69, 9.17) is 21.4 Å². The van der Waals surface area contributed by atoms with E-state index in [0.717, 1.165) is 0 Å². The van der Waals surface area contributed by atoms with Gasteiger partial charge in [-0.05, 0) is 36.4 Å². The molecule has 0 saturated heterocycles. The molecule has 98 valence electrons. The Labute approximate surface area is 114 Å². The average Bonchev–Trinajstić information content (AvgIpc) is 2.38. The highest BCUT2D eigenvalue weighted by atomic mass is 35.5. The topological polar surface area (TPSA) is 66.8 Å². The minimum absolute atomic E-state index is 0.0224. The quantitative estimate of drug-likeness (QED) is 0.903. The zero-order chi connectivity index (χ0) is 14.0. The lowest BCUT2D eigenvalue weighted by molar-refractivity contribution is 0.0696. The number of ether oxygens (including phenoxy) is 1. The Kier molecular flexibility index (Phi) is 3.62. The number of carboxylic acid groups (broad SMARTS) is 1. The monoisotopic (exact) mass is 278 g/mol. The molecule has 0 atom stereocenters. The molecule has 0 aliphatic heterocycles. The fourth-order valence-electron chi connectivity index (χ4n) is 1.78. The smallest absolute Gasteiger partial charge is 0.335 e. The van der Waals surface area contributed by atoms with Gasteiger partial charge in [0.25, 0.3) is 0 Å². The number of aromatic hydroxyl groups is 1. The summed E-state index contributed by atoms with van der Waals surface area (Å²) in [6.07, 6.45) is 0. The summed E-state index contributed by atoms with van der Waals surface area (Å²) in [6, 6.07) is 9.16. The van der Waals surface area contributed by atoms with Crippen molar-refractivity contribution in [3.63, 3.8) is 0 Å². The number of phenols is 1. The number of hydrogen-bond acceptors (Lipinski definition) is 3. The van der Waals surface area contributed by atoms with Crippen LogP contribution >= 0.6 is 11.6 Å². The van der Waals surface area contributed by atoms with E-state index in [0.29, 0.717) is 21.9 Å². The van der Waals surface area contributed by atoms with Crippen LogP contribution in [0.4, 0.5) is 0 Å². The van der Waals surface area contributed by atoms with Gasteiger partial charge in [0.05, 0.1) is 12.7 Å². The molecule has 2 N–H and O–H groups in total. The number of aromatic carboxylic acids is 1. The van der Waals surface area contributed by atoms with Gasteiger partial charge in [0.2, 0.25) is 0 Å². The van der Waals surface area contributed by atoms with Crippen molar-refractivity contribution in [2.75, 3.05) is 7.11 Å². The number of carboxylic acids is 1. The van der Waals surface area contributed by atoms with Gasteiger partial charge in [0.15, 0.2) is 0 Å². The van der Waals surface area contributed by atoms with Gasteiger partial charge in [-0.15, -0.1) is 0 Å². The molecule has 0 fully saturated rings. The molecule has 0 aromatic heterocycles. The van der Waals surface area contributed by atoms with Crippen LogP contribution in [0.5, 0.6) is 11.5 Å². The van der Waals surface area contributed by atoms with Gasteiger partial charge in [-0.3, -0.25) is 0 Å². The molecule has 4 nitrogen and oxygen atoms in total. The van der Waals surface area contributed by atoms with Crippen LogP contribution in [-0.4, -0.2) is 23.3 Å². The normalized spacial score (nSPS) is 10.2. The summed E-state index contributed by atoms with van der Waals surface area (Å²) >= 11 is 5.87. The number of benzene rings is 2. The summed E-state index contributed by atoms with van der Waals surface area (Å²) in [5.74, 6) is -0.712. The molecule has 0 aliphatic rings. The van der Waals surface area contributed by atoms with Crippen LogP contribution in [0.1, 0.15) is 10.4 Å². The Balaban J connectivity index is 2.56. The molecule has 0 aliphatic carbocycles. The summed E-state index contributed by atoms with van der Waals surface area (Å²) < 4.78 is 5.20. The van der Waals surface area contributed by atoms with E-state index in [1.165, 1.54) is 25.3 Å². The summed E-state index contributed by atoms with van der Waals surface area (Å²) in [5, 5.41) is 19.3. The first-order valence-corrected chi connectivity index (χ1v) is 5.81. The summed E-state index contributed by atoms with van der Waals surface area (Å²) in [5.41, 5.74) is 1.15. The summed E-state index contributed by atoms with van der Waals surface area (Å²) in [7, 11) is 1.50. The van der Waals surface area contributed by atoms with Crippen molar-refractivity contribution < 1.29 is 19.7 Å². The van der Waals surface area contributed by atoms with Crippen LogP contribution in [0.2, 0.25) is 5.02 Å². The second-order valence-electron chi connectivity index (χ2n) is 3.88. The molecule has 0 spiro atoms. The minimum atomic E-state index is -1.09. The minimum Gasteiger partial charge on any atom is -0.507 e. The lowest BCUT2D eigenvalue weighted by Crippen LogP contribution is -1.96. The van der Waals surface area contributed by atoms with Crippen molar-refractivity contribution in [2.45, 2.75) is 0 Å². The maximum Gasteiger partial charge on any atom is 0.335 e. The SMILES string of the molecule is COc1cc(Cl)ccc1-c1ccc(C(=O)O)cc1O. The molecule has 0 heterocycles. The van der Waals surface area contributed by atoms with E-state index >= 15 is 0 Å². The molecular weight excluding hydrogens is 268 g/mol. The molecule has 0 amide bonds. The predicted octanol–water partition coefficient (Wildman–Crippen LogP) is 3.42. The highest BCUT2D eigenvalue weighted by molar-refractivity contribution is 6.30. The first-order valence-electron chi connectivity index (χ1n) is 5.43. The Bertz CT molecular complexity index is 637. The van der Waals surface area contributed by atoms with Crippen LogP contribution in [0.3, 0.4) is 0 Å². The zero-order valence-electron chi connectivity index (χ0n) is 10.1. The molecule has 2 aromatic rings. The maximum atomic E-state index is 10.8. The fourth-order valence-corrected chi connectivity index (χ4v) is 1.94. The van der Waals surface area contributed by atoms with Gasteiger partial charge in [-0.25, -0.2) is 4.79 Å². The first kappa shape index (κ1) is 13.2. The van der Waals surface area contributed by atoms with Crippen molar-refractivity contribution in [1.29, 1.82) is 0 Å². The largest absolute Gasteiger partial charge is 0.507 e. The van der Waals surface area contributed by atoms with Gasteiger partial charge < -0.3 is 14.9 Å². The molecule has 0 bridgehead atoms. The van der Waals surface area contributed by atoms with Gasteiger partial charge in [0, 0.05) is 16.1 Å². The molecular formula is C14H11ClO4. The lowest BCUT2D eigenvalue weighted by Gasteiger charge is -2.11. The summed E-state index contributed by atoms with van der Waals surface area (Å²) in [4.78, 5) is 10.8. The van der Waals surface area contributed by atoms with Crippen molar-refractivity contribution in [3.8, 4) is 22.6 Å². The molecule has 0 radical (unpaired) electrons. The average molecular weight is 279 g/mol. The molecule has 0 unspecified atom stereocenters. The van der Waals surface area contributed by atoms with Gasteiger partial charge >= 0.3 is 5.97 Å². The first-order chi connectivity index (χ1) is 9.02. The van der Waals surface area contributed by atoms with Crippen LogP contribution in [-0.2, 0) is 0 Å². The van der Waals surface area contributed by atoms with Crippen molar-refractivity contribution in [2.24, 2.45) is 0 Å². The number of halogens is 1. The number of phenolic OH excluding ortho intramolecular Hbond substituents is 1. The molecule has 0 saturated carbocycles. The lowest BCUT2D eigenvalue weighted by atomic mass is 10.0. The third-order valence-electron chi connectivity index (χ3n) is 2.70. The number of hydrogen-bond donors (Lipinski definition) is 2. The Morgan fingerprint density at radius 1 is 1.16 bits per heavy atom. The summed E-state index contributed by atoms with van der Waals surface area (Å²) in [6.45, 7) is 0. The Morgan fingerprint density at radius 3 is 2.42 bits per heavy atom. The maximum absolute atomic E-state index is 10.8. The van der Waals surface area contributed by atoms with Gasteiger partial charge in [-0.2, -0.15) is 0 Å². The van der Waals surface area contributed by atoms with Crippen LogP contribution < -0.4 is 4.74 Å². The Hall–Kier alpha value is -2.20. The van der Waals surface area contributed by atoms with E-state index in [1.807, 2.05) is 0 Å². The van der Waals surface area contributed by atoms with Crippen molar-refractivity contribution in [1.82, 2.24) is 0 Å². The van der Waals surface area contributed by atoms with Gasteiger partial charge in [0.1, 0.15) is 11.5 Å². The van der Waals surface area contributed by atoms with E-state index in [-0.39, 0.29) is 11.3 Å². The second-order valence-corrected chi connectivity index (χ2v) is 4.32. The van der Waals surface area contributed by atoms with Crippen LogP contribution in [0.25, 0.3) is 11.1 Å². The third-order valence-corrected chi connectivity index (χ3v) is 2.93.